The number of allylic oxidation sites excluding steroid dienone is 2. The van der Waals surface area contributed by atoms with Crippen molar-refractivity contribution in [3.8, 4) is 11.5 Å². The molecule has 174 valence electrons. The molecule has 3 aromatic carbocycles. The molecule has 0 aromatic heterocycles. The third-order valence-corrected chi connectivity index (χ3v) is 8.89. The second-order valence-corrected chi connectivity index (χ2v) is 11.5. The highest BCUT2D eigenvalue weighted by Gasteiger charge is 2.39. The Morgan fingerprint density at radius 1 is 1.00 bits per heavy atom. The summed E-state index contributed by atoms with van der Waals surface area (Å²) in [6.07, 6.45) is 5.25. The van der Waals surface area contributed by atoms with E-state index in [0.717, 1.165) is 39.2 Å². The maximum absolute atomic E-state index is 13.1. The Balaban J connectivity index is 1.35. The molecule has 0 radical (unpaired) electrons. The number of fused-ring (bicyclic) bond motifs is 4. The molecule has 0 saturated carbocycles. The highest BCUT2D eigenvalue weighted by Crippen LogP contribution is 2.52. The topological polar surface area (TPSA) is 76.7 Å². The predicted octanol–water partition coefficient (Wildman–Crippen LogP) is 6.46. The zero-order valence-corrected chi connectivity index (χ0v) is 21.0. The molecule has 2 heterocycles. The van der Waals surface area contributed by atoms with Gasteiger partial charge in [0, 0.05) is 26.8 Å². The fraction of sp³-hybridized carbons (Fsp3) is 0.200. The summed E-state index contributed by atoms with van der Waals surface area (Å²) in [7, 11) is -3.75. The SMILES string of the molecule is O=S(=O)(Nc1ccc(Cl)cc1)c1ccc2c(c1)[C@H]1C=CC[C@H]1[C@@H](c1cc3c(cc1Br)OCO3)N2. The van der Waals surface area contributed by atoms with Crippen molar-refractivity contribution in [2.45, 2.75) is 23.3 Å². The molecule has 3 aromatic rings. The van der Waals surface area contributed by atoms with Crippen LogP contribution in [0.2, 0.25) is 5.02 Å². The number of rotatable bonds is 4. The van der Waals surface area contributed by atoms with Gasteiger partial charge in [0.25, 0.3) is 10.0 Å². The Labute approximate surface area is 211 Å². The Morgan fingerprint density at radius 3 is 2.56 bits per heavy atom. The number of hydrogen-bond acceptors (Lipinski definition) is 5. The zero-order valence-electron chi connectivity index (χ0n) is 17.8. The van der Waals surface area contributed by atoms with Gasteiger partial charge in [-0.2, -0.15) is 0 Å². The van der Waals surface area contributed by atoms with Crippen molar-refractivity contribution in [2.75, 3.05) is 16.8 Å². The molecule has 0 fully saturated rings. The lowest BCUT2D eigenvalue weighted by atomic mass is 9.77. The number of benzene rings is 3. The Morgan fingerprint density at radius 2 is 1.76 bits per heavy atom. The summed E-state index contributed by atoms with van der Waals surface area (Å²) in [5.41, 5.74) is 3.46. The van der Waals surface area contributed by atoms with E-state index >= 15 is 0 Å². The average molecular weight is 560 g/mol. The van der Waals surface area contributed by atoms with Crippen molar-refractivity contribution in [3.63, 3.8) is 0 Å². The minimum absolute atomic E-state index is 0.0334. The summed E-state index contributed by atoms with van der Waals surface area (Å²) in [5.74, 6) is 1.81. The molecule has 0 spiro atoms. The van der Waals surface area contributed by atoms with Crippen LogP contribution in [-0.2, 0) is 10.0 Å². The molecule has 0 saturated heterocycles. The van der Waals surface area contributed by atoms with Crippen molar-refractivity contribution in [3.05, 3.63) is 87.4 Å². The molecular formula is C25H20BrClN2O4S. The fourth-order valence-corrected chi connectivity index (χ4v) is 6.74. The Bertz CT molecular complexity index is 1430. The first-order valence-corrected chi connectivity index (χ1v) is 13.5. The van der Waals surface area contributed by atoms with Gasteiger partial charge >= 0.3 is 0 Å². The van der Waals surface area contributed by atoms with Crippen LogP contribution in [-0.4, -0.2) is 15.2 Å². The van der Waals surface area contributed by atoms with Crippen molar-refractivity contribution in [2.24, 2.45) is 5.92 Å². The van der Waals surface area contributed by atoms with Crippen LogP contribution in [0.3, 0.4) is 0 Å². The third kappa shape index (κ3) is 3.74. The van der Waals surface area contributed by atoms with Crippen LogP contribution in [0.5, 0.6) is 11.5 Å². The van der Waals surface area contributed by atoms with Crippen molar-refractivity contribution >= 4 is 48.9 Å². The molecule has 3 atom stereocenters. The van der Waals surface area contributed by atoms with Crippen LogP contribution in [0.4, 0.5) is 11.4 Å². The zero-order chi connectivity index (χ0) is 23.4. The molecule has 0 amide bonds. The Kier molecular flexibility index (Phi) is 5.28. The van der Waals surface area contributed by atoms with Gasteiger partial charge in [0.05, 0.1) is 10.9 Å². The molecule has 6 nitrogen and oxygen atoms in total. The van der Waals surface area contributed by atoms with Gasteiger partial charge in [0.15, 0.2) is 11.5 Å². The van der Waals surface area contributed by atoms with Gasteiger partial charge in [-0.15, -0.1) is 0 Å². The van der Waals surface area contributed by atoms with E-state index in [1.165, 1.54) is 0 Å². The van der Waals surface area contributed by atoms with Gasteiger partial charge in [-0.1, -0.05) is 39.7 Å². The predicted molar refractivity (Wildman–Crippen MR) is 135 cm³/mol. The van der Waals surface area contributed by atoms with E-state index in [9.17, 15) is 8.42 Å². The highest BCUT2D eigenvalue weighted by atomic mass is 79.9. The van der Waals surface area contributed by atoms with E-state index in [2.05, 4.69) is 38.1 Å². The number of hydrogen-bond donors (Lipinski definition) is 2. The van der Waals surface area contributed by atoms with Gasteiger partial charge in [0.1, 0.15) is 0 Å². The number of anilines is 2. The standard InChI is InChI=1S/C25H20BrClN2O4S/c26-21-12-24-23(32-13-33-24)11-20(21)25-18-3-1-2-17(18)19-10-16(8-9-22(19)28-25)34(30,31)29-15-6-4-14(27)5-7-15/h1-2,4-12,17-18,25,28-29H,3,13H2/t17-,18+,25-/m0/s1. The maximum Gasteiger partial charge on any atom is 0.261 e. The molecule has 2 aliphatic heterocycles. The van der Waals surface area contributed by atoms with Gasteiger partial charge in [-0.3, -0.25) is 4.72 Å². The average Bonchev–Trinajstić information content (AvgIpc) is 3.48. The van der Waals surface area contributed by atoms with E-state index in [1.54, 1.807) is 36.4 Å². The summed E-state index contributed by atoms with van der Waals surface area (Å²) in [5, 5.41) is 4.20. The van der Waals surface area contributed by atoms with Crippen LogP contribution < -0.4 is 19.5 Å². The summed E-state index contributed by atoms with van der Waals surface area (Å²) in [4.78, 5) is 0.227. The molecule has 2 N–H and O–H groups in total. The van der Waals surface area contributed by atoms with E-state index in [1.807, 2.05) is 18.2 Å². The van der Waals surface area contributed by atoms with Gasteiger partial charge in [0.2, 0.25) is 6.79 Å². The molecule has 0 unspecified atom stereocenters. The summed E-state index contributed by atoms with van der Waals surface area (Å²) in [6.45, 7) is 0.223. The second-order valence-electron chi connectivity index (χ2n) is 8.56. The molecule has 6 rings (SSSR count). The summed E-state index contributed by atoms with van der Waals surface area (Å²) < 4.78 is 40.9. The molecule has 34 heavy (non-hydrogen) atoms. The summed E-state index contributed by atoms with van der Waals surface area (Å²) >= 11 is 9.62. The van der Waals surface area contributed by atoms with Crippen LogP contribution in [0, 0.1) is 5.92 Å². The van der Waals surface area contributed by atoms with Crippen LogP contribution >= 0.6 is 27.5 Å². The van der Waals surface area contributed by atoms with Crippen LogP contribution in [0.1, 0.15) is 29.5 Å². The lowest BCUT2D eigenvalue weighted by Gasteiger charge is -2.38. The fourth-order valence-electron chi connectivity index (χ4n) is 4.95. The lowest BCUT2D eigenvalue weighted by molar-refractivity contribution is 0.174. The van der Waals surface area contributed by atoms with E-state index in [0.29, 0.717) is 10.7 Å². The van der Waals surface area contributed by atoms with Crippen LogP contribution in [0.25, 0.3) is 0 Å². The van der Waals surface area contributed by atoms with Crippen LogP contribution in [0.15, 0.2) is 76.1 Å². The first-order valence-electron chi connectivity index (χ1n) is 10.8. The Hall–Kier alpha value is -2.68. The van der Waals surface area contributed by atoms with Gasteiger partial charge < -0.3 is 14.8 Å². The van der Waals surface area contributed by atoms with Gasteiger partial charge in [-0.05, 0) is 78.1 Å². The minimum Gasteiger partial charge on any atom is -0.454 e. The van der Waals surface area contributed by atoms with E-state index in [-0.39, 0.29) is 29.6 Å². The normalized spacial score (nSPS) is 22.1. The molecule has 0 bridgehead atoms. The molecular weight excluding hydrogens is 540 g/mol. The van der Waals surface area contributed by atoms with Crippen molar-refractivity contribution < 1.29 is 17.9 Å². The molecule has 3 aliphatic rings. The largest absolute Gasteiger partial charge is 0.454 e. The molecule has 1 aliphatic carbocycles. The van der Waals surface area contributed by atoms with E-state index < -0.39 is 10.0 Å². The monoisotopic (exact) mass is 558 g/mol. The van der Waals surface area contributed by atoms with Crippen molar-refractivity contribution in [1.82, 2.24) is 0 Å². The highest BCUT2D eigenvalue weighted by molar-refractivity contribution is 9.10. The first-order chi connectivity index (χ1) is 16.4. The van der Waals surface area contributed by atoms with E-state index in [4.69, 9.17) is 21.1 Å². The van der Waals surface area contributed by atoms with Gasteiger partial charge in [-0.25, -0.2) is 8.42 Å². The number of halogens is 2. The third-order valence-electron chi connectivity index (χ3n) is 6.57. The number of ether oxygens (including phenoxy) is 2. The smallest absolute Gasteiger partial charge is 0.261 e. The first kappa shape index (κ1) is 21.8. The molecule has 9 heteroatoms. The summed E-state index contributed by atoms with van der Waals surface area (Å²) in [6, 6.07) is 15.9. The lowest BCUT2D eigenvalue weighted by Crippen LogP contribution is -2.29. The second kappa shape index (κ2) is 8.22. The minimum atomic E-state index is -3.75. The quantitative estimate of drug-likeness (QED) is 0.359. The van der Waals surface area contributed by atoms with Crippen molar-refractivity contribution in [1.29, 1.82) is 0 Å². The maximum atomic E-state index is 13.1. The number of nitrogens with one attached hydrogen (secondary N) is 2. The number of sulfonamides is 1.